The molecule has 0 bridgehead atoms. The molecule has 1 atom stereocenters. The molecule has 0 aliphatic rings. The quantitative estimate of drug-likeness (QED) is 0.790. The number of nitrogens with one attached hydrogen (secondary N) is 1. The summed E-state index contributed by atoms with van der Waals surface area (Å²) < 4.78 is 19.7. The summed E-state index contributed by atoms with van der Waals surface area (Å²) in [7, 11) is 0. The van der Waals surface area contributed by atoms with Crippen molar-refractivity contribution in [3.05, 3.63) is 56.6 Å². The van der Waals surface area contributed by atoms with Crippen molar-refractivity contribution < 1.29 is 8.81 Å². The number of hydrogen-bond acceptors (Lipinski definition) is 2. The van der Waals surface area contributed by atoms with Crippen LogP contribution in [0.3, 0.4) is 0 Å². The van der Waals surface area contributed by atoms with Crippen LogP contribution < -0.4 is 5.32 Å². The van der Waals surface area contributed by atoms with E-state index < -0.39 is 0 Å². The highest BCUT2D eigenvalue weighted by Gasteiger charge is 2.16. The highest BCUT2D eigenvalue weighted by atomic mass is 79.9. The Kier molecular flexibility index (Phi) is 5.19. The molecule has 0 saturated heterocycles. The van der Waals surface area contributed by atoms with Gasteiger partial charge in [0.25, 0.3) is 0 Å². The maximum atomic E-state index is 13.2. The number of hydrogen-bond donors (Lipinski definition) is 1. The van der Waals surface area contributed by atoms with Crippen LogP contribution >= 0.6 is 31.9 Å². The average Bonchev–Trinajstić information content (AvgIpc) is 2.79. The van der Waals surface area contributed by atoms with Crippen LogP contribution in [0.1, 0.15) is 24.1 Å². The van der Waals surface area contributed by atoms with Crippen molar-refractivity contribution in [2.75, 3.05) is 6.54 Å². The van der Waals surface area contributed by atoms with Crippen molar-refractivity contribution in [3.8, 4) is 0 Å². The molecular formula is C14H14Br2FNO. The fraction of sp³-hybridized carbons (Fsp3) is 0.286. The summed E-state index contributed by atoms with van der Waals surface area (Å²) in [5, 5.41) is 3.41. The lowest BCUT2D eigenvalue weighted by molar-refractivity contribution is 0.506. The molecule has 1 aromatic heterocycles. The fourth-order valence-electron chi connectivity index (χ4n) is 1.99. The molecule has 5 heteroatoms. The van der Waals surface area contributed by atoms with Crippen molar-refractivity contribution in [1.82, 2.24) is 5.32 Å². The molecule has 0 amide bonds. The smallest absolute Gasteiger partial charge is 0.173 e. The van der Waals surface area contributed by atoms with Gasteiger partial charge in [0.1, 0.15) is 5.82 Å². The molecule has 0 saturated carbocycles. The Morgan fingerprint density at radius 2 is 2.11 bits per heavy atom. The number of benzene rings is 1. The van der Waals surface area contributed by atoms with Gasteiger partial charge < -0.3 is 9.73 Å². The number of rotatable bonds is 5. The Morgan fingerprint density at radius 3 is 2.68 bits per heavy atom. The normalized spacial score (nSPS) is 12.6. The van der Waals surface area contributed by atoms with E-state index >= 15 is 0 Å². The third-order valence-electron chi connectivity index (χ3n) is 2.90. The van der Waals surface area contributed by atoms with Crippen LogP contribution in [0.25, 0.3) is 0 Å². The van der Waals surface area contributed by atoms with Crippen molar-refractivity contribution >= 4 is 31.9 Å². The van der Waals surface area contributed by atoms with Gasteiger partial charge in [0.15, 0.2) is 4.67 Å². The molecule has 0 aliphatic heterocycles. The lowest BCUT2D eigenvalue weighted by Crippen LogP contribution is -2.22. The van der Waals surface area contributed by atoms with E-state index in [0.717, 1.165) is 28.8 Å². The van der Waals surface area contributed by atoms with Crippen LogP contribution in [0, 0.1) is 5.82 Å². The molecule has 2 aromatic rings. The van der Waals surface area contributed by atoms with E-state index in [9.17, 15) is 4.39 Å². The summed E-state index contributed by atoms with van der Waals surface area (Å²) in [6, 6.07) is 7.17. The Labute approximate surface area is 128 Å². The van der Waals surface area contributed by atoms with Gasteiger partial charge in [-0.3, -0.25) is 0 Å². The molecule has 0 spiro atoms. The molecule has 0 aliphatic carbocycles. The largest absolute Gasteiger partial charge is 0.457 e. The summed E-state index contributed by atoms with van der Waals surface area (Å²) in [6.07, 6.45) is 2.43. The summed E-state index contributed by atoms with van der Waals surface area (Å²) in [5.41, 5.74) is 2.13. The maximum absolute atomic E-state index is 13.2. The number of furan rings is 1. The molecule has 102 valence electrons. The first kappa shape index (κ1) is 14.8. The van der Waals surface area contributed by atoms with Gasteiger partial charge in [-0.15, -0.1) is 0 Å². The first-order valence-corrected chi connectivity index (χ1v) is 7.60. The maximum Gasteiger partial charge on any atom is 0.173 e. The van der Waals surface area contributed by atoms with E-state index in [0.29, 0.717) is 4.47 Å². The number of halogens is 3. The third kappa shape index (κ3) is 3.68. The van der Waals surface area contributed by atoms with Gasteiger partial charge in [-0.1, -0.05) is 13.0 Å². The number of likely N-dealkylation sites (N-methyl/N-ethyl adjacent to an activating group) is 1. The second-order valence-corrected chi connectivity index (χ2v) is 5.79. The van der Waals surface area contributed by atoms with Gasteiger partial charge in [-0.2, -0.15) is 0 Å². The van der Waals surface area contributed by atoms with Gasteiger partial charge >= 0.3 is 0 Å². The molecule has 2 nitrogen and oxygen atoms in total. The van der Waals surface area contributed by atoms with Crippen LogP contribution in [0.15, 0.2) is 44.1 Å². The molecular weight excluding hydrogens is 377 g/mol. The average molecular weight is 391 g/mol. The summed E-state index contributed by atoms with van der Waals surface area (Å²) in [6.45, 7) is 2.91. The zero-order valence-electron chi connectivity index (χ0n) is 10.4. The molecule has 0 fully saturated rings. The van der Waals surface area contributed by atoms with E-state index in [1.165, 1.54) is 6.07 Å². The van der Waals surface area contributed by atoms with Crippen LogP contribution in [0.5, 0.6) is 0 Å². The molecule has 1 N–H and O–H groups in total. The van der Waals surface area contributed by atoms with E-state index in [2.05, 4.69) is 44.1 Å². The lowest BCUT2D eigenvalue weighted by Gasteiger charge is -2.17. The Balaban J connectivity index is 2.21. The van der Waals surface area contributed by atoms with Crippen molar-refractivity contribution in [2.24, 2.45) is 0 Å². The van der Waals surface area contributed by atoms with Crippen molar-refractivity contribution in [2.45, 2.75) is 19.4 Å². The fourth-order valence-corrected chi connectivity index (χ4v) is 2.94. The molecule has 19 heavy (non-hydrogen) atoms. The van der Waals surface area contributed by atoms with Gasteiger partial charge in [0.2, 0.25) is 0 Å². The summed E-state index contributed by atoms with van der Waals surface area (Å²) in [5.74, 6) is -0.242. The predicted octanol–water partition coefficient (Wildman–Crippen LogP) is 4.84. The minimum Gasteiger partial charge on any atom is -0.457 e. The predicted molar refractivity (Wildman–Crippen MR) is 80.6 cm³/mol. The van der Waals surface area contributed by atoms with E-state index in [-0.39, 0.29) is 11.9 Å². The first-order valence-electron chi connectivity index (χ1n) is 6.02. The zero-order valence-corrected chi connectivity index (χ0v) is 13.6. The second-order valence-electron chi connectivity index (χ2n) is 4.21. The molecule has 0 radical (unpaired) electrons. The monoisotopic (exact) mass is 389 g/mol. The molecule has 2 rings (SSSR count). The van der Waals surface area contributed by atoms with E-state index in [1.807, 2.05) is 12.1 Å². The third-order valence-corrected chi connectivity index (χ3v) is 4.15. The Morgan fingerprint density at radius 1 is 1.32 bits per heavy atom. The van der Waals surface area contributed by atoms with Crippen LogP contribution in [0.2, 0.25) is 0 Å². The molecule has 1 aromatic carbocycles. The molecule has 1 unspecified atom stereocenters. The first-order chi connectivity index (χ1) is 9.11. The standard InChI is InChI=1S/C14H14Br2FNO/c1-2-18-13(10-5-6-19-14(10)16)8-9-3-4-12(17)11(15)7-9/h3-7,13,18H,2,8H2,1H3. The van der Waals surface area contributed by atoms with E-state index in [4.69, 9.17) is 4.42 Å². The second kappa shape index (κ2) is 6.68. The summed E-state index contributed by atoms with van der Waals surface area (Å²) >= 11 is 6.62. The van der Waals surface area contributed by atoms with Crippen molar-refractivity contribution in [1.29, 1.82) is 0 Å². The highest BCUT2D eigenvalue weighted by Crippen LogP contribution is 2.28. The minimum atomic E-state index is -0.242. The van der Waals surface area contributed by atoms with Gasteiger partial charge in [-0.05, 0) is 68.6 Å². The van der Waals surface area contributed by atoms with Gasteiger partial charge in [-0.25, -0.2) is 4.39 Å². The van der Waals surface area contributed by atoms with E-state index in [1.54, 1.807) is 12.3 Å². The zero-order chi connectivity index (χ0) is 13.8. The van der Waals surface area contributed by atoms with Gasteiger partial charge in [0.05, 0.1) is 10.7 Å². The van der Waals surface area contributed by atoms with Crippen LogP contribution in [-0.2, 0) is 6.42 Å². The topological polar surface area (TPSA) is 25.2 Å². The Hall–Kier alpha value is -0.650. The van der Waals surface area contributed by atoms with Gasteiger partial charge in [0, 0.05) is 11.6 Å². The van der Waals surface area contributed by atoms with Crippen LogP contribution in [0.4, 0.5) is 4.39 Å². The summed E-state index contributed by atoms with van der Waals surface area (Å²) in [4.78, 5) is 0. The Bertz CT molecular complexity index is 556. The minimum absolute atomic E-state index is 0.135. The SMILES string of the molecule is CCNC(Cc1ccc(F)c(Br)c1)c1ccoc1Br. The highest BCUT2D eigenvalue weighted by molar-refractivity contribution is 9.10. The lowest BCUT2D eigenvalue weighted by atomic mass is 10.0. The molecule has 1 heterocycles. The van der Waals surface area contributed by atoms with Crippen molar-refractivity contribution in [3.63, 3.8) is 0 Å². The van der Waals surface area contributed by atoms with Crippen LogP contribution in [-0.4, -0.2) is 6.54 Å².